The highest BCUT2D eigenvalue weighted by Gasteiger charge is 2.22. The standard InChI is InChI=1S/C15H21NO3/c1-2-16(9-7-15(17)18)11-14-13-6-4-3-5-12(13)8-10-19-14/h3-6,14H,2,7-11H2,1H3,(H,17,18). The van der Waals surface area contributed by atoms with E-state index in [1.165, 1.54) is 11.1 Å². The number of rotatable bonds is 6. The van der Waals surface area contributed by atoms with Gasteiger partial charge in [0.25, 0.3) is 0 Å². The first-order valence-electron chi connectivity index (χ1n) is 6.84. The molecule has 1 heterocycles. The fraction of sp³-hybridized carbons (Fsp3) is 0.533. The summed E-state index contributed by atoms with van der Waals surface area (Å²) in [5, 5.41) is 8.76. The summed E-state index contributed by atoms with van der Waals surface area (Å²) < 4.78 is 5.85. The van der Waals surface area contributed by atoms with Crippen LogP contribution in [-0.2, 0) is 16.0 Å². The molecule has 104 valence electrons. The van der Waals surface area contributed by atoms with Crippen LogP contribution in [0.1, 0.15) is 30.6 Å². The number of ether oxygens (including phenoxy) is 1. The smallest absolute Gasteiger partial charge is 0.304 e. The molecule has 1 aliphatic rings. The average molecular weight is 263 g/mol. The first-order valence-corrected chi connectivity index (χ1v) is 6.84. The minimum absolute atomic E-state index is 0.0682. The molecule has 0 bridgehead atoms. The van der Waals surface area contributed by atoms with E-state index >= 15 is 0 Å². The van der Waals surface area contributed by atoms with E-state index in [-0.39, 0.29) is 12.5 Å². The Morgan fingerprint density at radius 1 is 1.47 bits per heavy atom. The second-order valence-electron chi connectivity index (χ2n) is 4.85. The number of likely N-dealkylation sites (N-methyl/N-ethyl adjacent to an activating group) is 1. The fourth-order valence-corrected chi connectivity index (χ4v) is 2.49. The van der Waals surface area contributed by atoms with Crippen molar-refractivity contribution >= 4 is 5.97 Å². The molecule has 0 aromatic heterocycles. The number of hydrogen-bond donors (Lipinski definition) is 1. The summed E-state index contributed by atoms with van der Waals surface area (Å²) in [6.07, 6.45) is 1.22. The highest BCUT2D eigenvalue weighted by molar-refractivity contribution is 5.66. The molecule has 0 saturated carbocycles. The van der Waals surface area contributed by atoms with Crippen molar-refractivity contribution in [2.24, 2.45) is 0 Å². The van der Waals surface area contributed by atoms with Crippen LogP contribution in [0.2, 0.25) is 0 Å². The predicted molar refractivity (Wildman–Crippen MR) is 73.2 cm³/mol. The van der Waals surface area contributed by atoms with Gasteiger partial charge in [0.15, 0.2) is 0 Å². The van der Waals surface area contributed by atoms with Crippen LogP contribution in [0, 0.1) is 0 Å². The van der Waals surface area contributed by atoms with Gasteiger partial charge in [0, 0.05) is 13.1 Å². The number of aliphatic carboxylic acids is 1. The Morgan fingerprint density at radius 2 is 2.26 bits per heavy atom. The van der Waals surface area contributed by atoms with E-state index in [1.807, 2.05) is 6.07 Å². The zero-order chi connectivity index (χ0) is 13.7. The van der Waals surface area contributed by atoms with E-state index in [0.29, 0.717) is 6.54 Å². The molecule has 1 unspecified atom stereocenters. The van der Waals surface area contributed by atoms with Crippen molar-refractivity contribution in [3.05, 3.63) is 35.4 Å². The molecule has 1 aromatic carbocycles. The second-order valence-corrected chi connectivity index (χ2v) is 4.85. The van der Waals surface area contributed by atoms with Crippen LogP contribution < -0.4 is 0 Å². The number of benzene rings is 1. The molecule has 4 heteroatoms. The Hall–Kier alpha value is -1.39. The van der Waals surface area contributed by atoms with Crippen LogP contribution >= 0.6 is 0 Å². The topological polar surface area (TPSA) is 49.8 Å². The van der Waals surface area contributed by atoms with Gasteiger partial charge in [-0.3, -0.25) is 4.79 Å². The molecule has 0 spiro atoms. The third kappa shape index (κ3) is 3.78. The van der Waals surface area contributed by atoms with Gasteiger partial charge < -0.3 is 14.7 Å². The number of fused-ring (bicyclic) bond motifs is 1. The quantitative estimate of drug-likeness (QED) is 0.854. The van der Waals surface area contributed by atoms with Crippen LogP contribution in [0.5, 0.6) is 0 Å². The molecule has 1 aliphatic heterocycles. The molecule has 4 nitrogen and oxygen atoms in total. The Balaban J connectivity index is 2.00. The maximum absolute atomic E-state index is 10.7. The van der Waals surface area contributed by atoms with Gasteiger partial charge in [-0.1, -0.05) is 31.2 Å². The van der Waals surface area contributed by atoms with Crippen molar-refractivity contribution in [3.63, 3.8) is 0 Å². The first-order chi connectivity index (χ1) is 9.20. The summed E-state index contributed by atoms with van der Waals surface area (Å²) in [6.45, 7) is 4.98. The lowest BCUT2D eigenvalue weighted by Gasteiger charge is -2.30. The van der Waals surface area contributed by atoms with E-state index in [4.69, 9.17) is 9.84 Å². The molecule has 19 heavy (non-hydrogen) atoms. The van der Waals surface area contributed by atoms with Crippen LogP contribution in [0.15, 0.2) is 24.3 Å². The zero-order valence-electron chi connectivity index (χ0n) is 11.3. The summed E-state index contributed by atoms with van der Waals surface area (Å²) in [5.41, 5.74) is 2.61. The summed E-state index contributed by atoms with van der Waals surface area (Å²) in [7, 11) is 0. The first kappa shape index (κ1) is 14.0. The molecule has 0 radical (unpaired) electrons. The van der Waals surface area contributed by atoms with E-state index in [1.54, 1.807) is 0 Å². The molecular formula is C15H21NO3. The van der Waals surface area contributed by atoms with Crippen LogP contribution in [0.4, 0.5) is 0 Å². The molecule has 0 fully saturated rings. The Bertz CT molecular complexity index is 433. The van der Waals surface area contributed by atoms with Gasteiger partial charge in [-0.2, -0.15) is 0 Å². The molecule has 0 aliphatic carbocycles. The molecule has 1 aromatic rings. The molecule has 0 saturated heterocycles. The lowest BCUT2D eigenvalue weighted by molar-refractivity contribution is -0.137. The Labute approximate surface area is 114 Å². The fourth-order valence-electron chi connectivity index (χ4n) is 2.49. The normalized spacial score (nSPS) is 18.3. The Morgan fingerprint density at radius 3 is 3.00 bits per heavy atom. The highest BCUT2D eigenvalue weighted by Crippen LogP contribution is 2.27. The third-order valence-corrected chi connectivity index (χ3v) is 3.61. The number of nitrogens with zero attached hydrogens (tertiary/aromatic N) is 1. The SMILES string of the molecule is CCN(CCC(=O)O)CC1OCCc2ccccc21. The van der Waals surface area contributed by atoms with Gasteiger partial charge in [0.05, 0.1) is 19.1 Å². The summed E-state index contributed by atoms with van der Waals surface area (Å²) in [5.74, 6) is -0.747. The summed E-state index contributed by atoms with van der Waals surface area (Å²) in [4.78, 5) is 12.8. The number of carboxylic acids is 1. The summed E-state index contributed by atoms with van der Waals surface area (Å²) >= 11 is 0. The highest BCUT2D eigenvalue weighted by atomic mass is 16.5. The largest absolute Gasteiger partial charge is 0.481 e. The number of hydrogen-bond acceptors (Lipinski definition) is 3. The Kier molecular flexibility index (Phi) is 4.93. The van der Waals surface area contributed by atoms with Gasteiger partial charge in [-0.05, 0) is 24.1 Å². The molecule has 1 N–H and O–H groups in total. The van der Waals surface area contributed by atoms with Crippen molar-refractivity contribution in [3.8, 4) is 0 Å². The second kappa shape index (κ2) is 6.68. The third-order valence-electron chi connectivity index (χ3n) is 3.61. The van der Waals surface area contributed by atoms with Crippen molar-refractivity contribution < 1.29 is 14.6 Å². The molecule has 1 atom stereocenters. The monoisotopic (exact) mass is 263 g/mol. The maximum atomic E-state index is 10.7. The maximum Gasteiger partial charge on any atom is 0.304 e. The van der Waals surface area contributed by atoms with E-state index < -0.39 is 5.97 Å². The van der Waals surface area contributed by atoms with Gasteiger partial charge in [-0.15, -0.1) is 0 Å². The van der Waals surface area contributed by atoms with E-state index in [0.717, 1.165) is 26.1 Å². The molecule has 2 rings (SSSR count). The van der Waals surface area contributed by atoms with E-state index in [2.05, 4.69) is 30.0 Å². The van der Waals surface area contributed by atoms with Crippen LogP contribution in [-0.4, -0.2) is 42.2 Å². The average Bonchev–Trinajstić information content (AvgIpc) is 2.43. The lowest BCUT2D eigenvalue weighted by atomic mass is 9.97. The zero-order valence-corrected chi connectivity index (χ0v) is 11.3. The molecular weight excluding hydrogens is 242 g/mol. The van der Waals surface area contributed by atoms with Gasteiger partial charge in [0.1, 0.15) is 0 Å². The van der Waals surface area contributed by atoms with Crippen molar-refractivity contribution in [2.45, 2.75) is 25.9 Å². The summed E-state index contributed by atoms with van der Waals surface area (Å²) in [6, 6.07) is 8.36. The van der Waals surface area contributed by atoms with Crippen molar-refractivity contribution in [1.82, 2.24) is 4.90 Å². The minimum Gasteiger partial charge on any atom is -0.481 e. The lowest BCUT2D eigenvalue weighted by Crippen LogP contribution is -2.33. The van der Waals surface area contributed by atoms with E-state index in [9.17, 15) is 4.79 Å². The van der Waals surface area contributed by atoms with Gasteiger partial charge in [0.2, 0.25) is 0 Å². The van der Waals surface area contributed by atoms with Crippen molar-refractivity contribution in [2.75, 3.05) is 26.2 Å². The van der Waals surface area contributed by atoms with Crippen molar-refractivity contribution in [1.29, 1.82) is 0 Å². The predicted octanol–water partition coefficient (Wildman–Crippen LogP) is 2.10. The van der Waals surface area contributed by atoms with Gasteiger partial charge in [-0.25, -0.2) is 0 Å². The minimum atomic E-state index is -0.747. The molecule has 0 amide bonds. The van der Waals surface area contributed by atoms with Crippen LogP contribution in [0.25, 0.3) is 0 Å². The number of carbonyl (C=O) groups is 1. The van der Waals surface area contributed by atoms with Crippen LogP contribution in [0.3, 0.4) is 0 Å². The number of carboxylic acid groups (broad SMARTS) is 1. The van der Waals surface area contributed by atoms with Gasteiger partial charge >= 0.3 is 5.97 Å².